The van der Waals surface area contributed by atoms with Gasteiger partial charge in [-0.1, -0.05) is 57.9 Å². The summed E-state index contributed by atoms with van der Waals surface area (Å²) in [6.07, 6.45) is 0. The van der Waals surface area contributed by atoms with Gasteiger partial charge in [-0.05, 0) is 60.5 Å². The van der Waals surface area contributed by atoms with Crippen molar-refractivity contribution in [3.05, 3.63) is 88.9 Å². The summed E-state index contributed by atoms with van der Waals surface area (Å²) in [7, 11) is 0. The Labute approximate surface area is 189 Å². The van der Waals surface area contributed by atoms with Gasteiger partial charge in [0.2, 0.25) is 0 Å². The number of hydrogen-bond acceptors (Lipinski definition) is 3. The summed E-state index contributed by atoms with van der Waals surface area (Å²) >= 11 is 3.50. The number of hydrogen-bond donors (Lipinski definition) is 1. The maximum absolute atomic E-state index is 11.8. The molecule has 2 heterocycles. The number of nitrogens with zero attached hydrogens (tertiary/aromatic N) is 1. The predicted octanol–water partition coefficient (Wildman–Crippen LogP) is 6.48. The molecule has 0 aliphatic carbocycles. The quantitative estimate of drug-likeness (QED) is 0.372. The summed E-state index contributed by atoms with van der Waals surface area (Å²) < 4.78 is 6.52. The SMILES string of the molecule is Cc1ccc(-c2cc(-c3ccc(Br)cc3)nc(-c3ccc4c(c3)NC(=O)CO4)c2)cc1. The zero-order valence-electron chi connectivity index (χ0n) is 16.9. The van der Waals surface area contributed by atoms with Gasteiger partial charge in [-0.3, -0.25) is 4.79 Å². The summed E-state index contributed by atoms with van der Waals surface area (Å²) in [5.74, 6) is 0.521. The summed E-state index contributed by atoms with van der Waals surface area (Å²) in [5.41, 5.74) is 7.77. The van der Waals surface area contributed by atoms with E-state index in [1.807, 2.05) is 30.3 Å². The van der Waals surface area contributed by atoms with Gasteiger partial charge in [0.25, 0.3) is 5.91 Å². The molecule has 0 atom stereocenters. The molecule has 0 unspecified atom stereocenters. The molecule has 152 valence electrons. The third-order valence-corrected chi connectivity index (χ3v) is 5.79. The molecule has 1 amide bonds. The van der Waals surface area contributed by atoms with Crippen LogP contribution >= 0.6 is 15.9 Å². The first-order chi connectivity index (χ1) is 15.0. The molecule has 0 radical (unpaired) electrons. The number of anilines is 1. The van der Waals surface area contributed by atoms with Gasteiger partial charge in [-0.2, -0.15) is 0 Å². The van der Waals surface area contributed by atoms with Crippen LogP contribution in [-0.2, 0) is 4.79 Å². The highest BCUT2D eigenvalue weighted by Crippen LogP contribution is 2.35. The van der Waals surface area contributed by atoms with Gasteiger partial charge in [0.05, 0.1) is 17.1 Å². The number of carbonyl (C=O) groups excluding carboxylic acids is 1. The maximum Gasteiger partial charge on any atom is 0.262 e. The van der Waals surface area contributed by atoms with Crippen LogP contribution in [0.3, 0.4) is 0 Å². The van der Waals surface area contributed by atoms with Crippen molar-refractivity contribution in [2.24, 2.45) is 0 Å². The highest BCUT2D eigenvalue weighted by atomic mass is 79.9. The molecule has 0 saturated carbocycles. The van der Waals surface area contributed by atoms with Gasteiger partial charge in [0.1, 0.15) is 5.75 Å². The van der Waals surface area contributed by atoms with E-state index in [9.17, 15) is 4.79 Å². The molecular formula is C26H19BrN2O2. The maximum atomic E-state index is 11.8. The van der Waals surface area contributed by atoms with Crippen LogP contribution in [0.1, 0.15) is 5.56 Å². The molecule has 3 aromatic carbocycles. The van der Waals surface area contributed by atoms with Crippen LogP contribution in [0, 0.1) is 6.92 Å². The molecule has 1 N–H and O–H groups in total. The molecule has 4 aromatic rings. The van der Waals surface area contributed by atoms with Gasteiger partial charge in [-0.25, -0.2) is 4.98 Å². The lowest BCUT2D eigenvalue weighted by Crippen LogP contribution is -2.25. The van der Waals surface area contributed by atoms with Crippen LogP contribution in [-0.4, -0.2) is 17.5 Å². The lowest BCUT2D eigenvalue weighted by molar-refractivity contribution is -0.118. The summed E-state index contributed by atoms with van der Waals surface area (Å²) in [5, 5.41) is 2.88. The van der Waals surface area contributed by atoms with E-state index in [-0.39, 0.29) is 12.5 Å². The minimum atomic E-state index is -0.151. The largest absolute Gasteiger partial charge is 0.482 e. The molecule has 0 spiro atoms. The van der Waals surface area contributed by atoms with Crippen molar-refractivity contribution in [2.45, 2.75) is 6.92 Å². The number of aromatic nitrogens is 1. The van der Waals surface area contributed by atoms with E-state index in [1.54, 1.807) is 0 Å². The number of pyridine rings is 1. The van der Waals surface area contributed by atoms with Crippen molar-refractivity contribution < 1.29 is 9.53 Å². The van der Waals surface area contributed by atoms with E-state index in [2.05, 4.69) is 76.7 Å². The Morgan fingerprint density at radius 3 is 2.19 bits per heavy atom. The summed E-state index contributed by atoms with van der Waals surface area (Å²) in [6.45, 7) is 2.12. The molecule has 5 rings (SSSR count). The van der Waals surface area contributed by atoms with E-state index in [1.165, 1.54) is 5.56 Å². The topological polar surface area (TPSA) is 51.2 Å². The van der Waals surface area contributed by atoms with Crippen molar-refractivity contribution in [2.75, 3.05) is 11.9 Å². The fraction of sp³-hybridized carbons (Fsp3) is 0.0769. The minimum absolute atomic E-state index is 0.0429. The van der Waals surface area contributed by atoms with Crippen molar-refractivity contribution >= 4 is 27.5 Å². The summed E-state index contributed by atoms with van der Waals surface area (Å²) in [6, 6.07) is 26.6. The average molecular weight is 471 g/mol. The molecule has 1 aliphatic rings. The predicted molar refractivity (Wildman–Crippen MR) is 127 cm³/mol. The van der Waals surface area contributed by atoms with Crippen LogP contribution in [0.15, 0.2) is 83.3 Å². The first-order valence-corrected chi connectivity index (χ1v) is 10.8. The number of fused-ring (bicyclic) bond motifs is 1. The highest BCUT2D eigenvalue weighted by molar-refractivity contribution is 9.10. The standard InChI is InChI=1S/C26H19BrN2O2/c1-16-2-4-17(5-3-16)20-13-22(18-6-9-21(27)10-7-18)28-23(14-20)19-8-11-25-24(12-19)29-26(30)15-31-25/h2-14H,15H2,1H3,(H,29,30). The van der Waals surface area contributed by atoms with Crippen LogP contribution < -0.4 is 10.1 Å². The number of amides is 1. The number of halogens is 1. The van der Waals surface area contributed by atoms with Gasteiger partial charge < -0.3 is 10.1 Å². The summed E-state index contributed by atoms with van der Waals surface area (Å²) in [4.78, 5) is 16.7. The number of carbonyl (C=O) groups is 1. The van der Waals surface area contributed by atoms with E-state index in [0.717, 1.165) is 38.1 Å². The lowest BCUT2D eigenvalue weighted by Gasteiger charge is -2.18. The Hall–Kier alpha value is -3.44. The van der Waals surface area contributed by atoms with Crippen molar-refractivity contribution in [1.29, 1.82) is 0 Å². The minimum Gasteiger partial charge on any atom is -0.482 e. The van der Waals surface area contributed by atoms with E-state index in [0.29, 0.717) is 11.4 Å². The zero-order valence-corrected chi connectivity index (χ0v) is 18.4. The van der Waals surface area contributed by atoms with Crippen LogP contribution in [0.2, 0.25) is 0 Å². The van der Waals surface area contributed by atoms with Crippen LogP contribution in [0.4, 0.5) is 5.69 Å². The monoisotopic (exact) mass is 470 g/mol. The second-order valence-corrected chi connectivity index (χ2v) is 8.46. The second-order valence-electron chi connectivity index (χ2n) is 7.55. The first kappa shape index (κ1) is 19.5. The second kappa shape index (κ2) is 8.00. The molecular weight excluding hydrogens is 452 g/mol. The fourth-order valence-electron chi connectivity index (χ4n) is 3.60. The Kier molecular flexibility index (Phi) is 5.04. The van der Waals surface area contributed by atoms with Gasteiger partial charge in [0, 0.05) is 15.6 Å². The number of ether oxygens (including phenoxy) is 1. The number of aryl methyl sites for hydroxylation is 1. The molecule has 1 aliphatic heterocycles. The van der Waals surface area contributed by atoms with Crippen molar-refractivity contribution in [3.63, 3.8) is 0 Å². The highest BCUT2D eigenvalue weighted by Gasteiger charge is 2.17. The van der Waals surface area contributed by atoms with E-state index >= 15 is 0 Å². The zero-order chi connectivity index (χ0) is 21.4. The Bertz CT molecular complexity index is 1220. The Morgan fingerprint density at radius 1 is 0.806 bits per heavy atom. The Morgan fingerprint density at radius 2 is 1.45 bits per heavy atom. The van der Waals surface area contributed by atoms with Gasteiger partial charge >= 0.3 is 0 Å². The van der Waals surface area contributed by atoms with Crippen molar-refractivity contribution in [1.82, 2.24) is 4.98 Å². The number of nitrogens with one attached hydrogen (secondary N) is 1. The molecule has 4 nitrogen and oxygen atoms in total. The fourth-order valence-corrected chi connectivity index (χ4v) is 3.87. The molecule has 0 bridgehead atoms. The molecule has 0 saturated heterocycles. The van der Waals surface area contributed by atoms with E-state index < -0.39 is 0 Å². The van der Waals surface area contributed by atoms with Gasteiger partial charge in [0.15, 0.2) is 6.61 Å². The molecule has 31 heavy (non-hydrogen) atoms. The number of rotatable bonds is 3. The number of benzene rings is 3. The van der Waals surface area contributed by atoms with Crippen LogP contribution in [0.25, 0.3) is 33.6 Å². The normalized spacial score (nSPS) is 12.6. The molecule has 0 fully saturated rings. The smallest absolute Gasteiger partial charge is 0.262 e. The van der Waals surface area contributed by atoms with Gasteiger partial charge in [-0.15, -0.1) is 0 Å². The molecule has 1 aromatic heterocycles. The first-order valence-electron chi connectivity index (χ1n) is 9.97. The van der Waals surface area contributed by atoms with Crippen molar-refractivity contribution in [3.8, 4) is 39.4 Å². The third-order valence-electron chi connectivity index (χ3n) is 5.26. The average Bonchev–Trinajstić information content (AvgIpc) is 2.79. The van der Waals surface area contributed by atoms with Crippen LogP contribution in [0.5, 0.6) is 5.75 Å². The third kappa shape index (κ3) is 4.09. The lowest BCUT2D eigenvalue weighted by atomic mass is 9.99. The Balaban J connectivity index is 1.66. The molecule has 5 heteroatoms. The van der Waals surface area contributed by atoms with E-state index in [4.69, 9.17) is 9.72 Å².